The van der Waals surface area contributed by atoms with Gasteiger partial charge >= 0.3 is 0 Å². The second-order valence-electron chi connectivity index (χ2n) is 5.73. The third-order valence-electron chi connectivity index (χ3n) is 3.98. The molecule has 5 nitrogen and oxygen atoms in total. The Bertz CT molecular complexity index is 802. The number of rotatable bonds is 4. The van der Waals surface area contributed by atoms with E-state index in [1.807, 2.05) is 0 Å². The van der Waals surface area contributed by atoms with Gasteiger partial charge in [0.1, 0.15) is 17.0 Å². The number of hydrogen-bond donors (Lipinski definition) is 3. The third-order valence-corrected chi connectivity index (χ3v) is 3.98. The van der Waals surface area contributed by atoms with Crippen LogP contribution in [0.4, 0.5) is 25.8 Å². The number of carbonyl (C=O) groups excluding carboxylic acids is 2. The molecule has 0 bridgehead atoms. The van der Waals surface area contributed by atoms with E-state index in [2.05, 4.69) is 10.6 Å². The second kappa shape index (κ2) is 5.92. The highest BCUT2D eigenvalue weighted by atomic mass is 19.1. The smallest absolute Gasteiger partial charge is 0.240 e. The number of nitrogens with two attached hydrogens (primary N) is 1. The molecule has 1 fully saturated rings. The summed E-state index contributed by atoms with van der Waals surface area (Å²) in [5.74, 6) is -2.04. The van der Waals surface area contributed by atoms with Crippen molar-refractivity contribution in [3.8, 4) is 0 Å². The molecule has 0 aliphatic heterocycles. The third kappa shape index (κ3) is 3.05. The van der Waals surface area contributed by atoms with Gasteiger partial charge in [-0.05, 0) is 55.3 Å². The number of benzene rings is 2. The molecule has 1 aliphatic rings. The normalized spacial score (nSPS) is 14.8. The molecule has 2 amide bonds. The van der Waals surface area contributed by atoms with Gasteiger partial charge in [0.2, 0.25) is 11.8 Å². The highest BCUT2D eigenvalue weighted by Gasteiger charge is 2.56. The highest BCUT2D eigenvalue weighted by molar-refractivity contribution is 6.16. The number of anilines is 3. The van der Waals surface area contributed by atoms with E-state index < -0.39 is 28.9 Å². The molecule has 0 spiro atoms. The van der Waals surface area contributed by atoms with E-state index in [4.69, 9.17) is 5.73 Å². The predicted molar refractivity (Wildman–Crippen MR) is 86.1 cm³/mol. The molecule has 24 heavy (non-hydrogen) atoms. The molecule has 1 saturated carbocycles. The highest BCUT2D eigenvalue weighted by Crippen LogP contribution is 2.47. The summed E-state index contributed by atoms with van der Waals surface area (Å²) in [6.45, 7) is 0. The monoisotopic (exact) mass is 331 g/mol. The van der Waals surface area contributed by atoms with Gasteiger partial charge in [0.15, 0.2) is 0 Å². The van der Waals surface area contributed by atoms with Crippen LogP contribution in [0.15, 0.2) is 42.5 Å². The fourth-order valence-corrected chi connectivity index (χ4v) is 2.32. The molecule has 0 atom stereocenters. The standard InChI is InChI=1S/C17H15F2N3O2/c18-10-1-3-11(4-2-10)21-15(23)17(7-8-17)16(24)22-12-5-6-14(20)13(19)9-12/h1-6,9H,7-8,20H2,(H,21,23)(H,22,24). The van der Waals surface area contributed by atoms with Crippen LogP contribution in [0.2, 0.25) is 0 Å². The van der Waals surface area contributed by atoms with Crippen LogP contribution in [0.3, 0.4) is 0 Å². The van der Waals surface area contributed by atoms with E-state index in [1.54, 1.807) is 0 Å². The van der Waals surface area contributed by atoms with Crippen LogP contribution in [0.1, 0.15) is 12.8 Å². The van der Waals surface area contributed by atoms with E-state index >= 15 is 0 Å². The zero-order chi connectivity index (χ0) is 17.3. The quantitative estimate of drug-likeness (QED) is 0.595. The molecular weight excluding hydrogens is 316 g/mol. The Labute approximate surface area is 136 Å². The molecule has 7 heteroatoms. The van der Waals surface area contributed by atoms with Crippen LogP contribution < -0.4 is 16.4 Å². The first kappa shape index (κ1) is 15.9. The SMILES string of the molecule is Nc1ccc(NC(=O)C2(C(=O)Nc3ccc(F)cc3)CC2)cc1F. The van der Waals surface area contributed by atoms with Crippen LogP contribution in [0, 0.1) is 17.0 Å². The minimum Gasteiger partial charge on any atom is -0.396 e. The van der Waals surface area contributed by atoms with Crippen molar-refractivity contribution >= 4 is 28.9 Å². The summed E-state index contributed by atoms with van der Waals surface area (Å²) < 4.78 is 26.3. The van der Waals surface area contributed by atoms with Gasteiger partial charge < -0.3 is 16.4 Å². The fourth-order valence-electron chi connectivity index (χ4n) is 2.32. The van der Waals surface area contributed by atoms with Crippen molar-refractivity contribution in [3.05, 3.63) is 54.1 Å². The number of hydrogen-bond acceptors (Lipinski definition) is 3. The van der Waals surface area contributed by atoms with E-state index in [1.165, 1.54) is 36.4 Å². The van der Waals surface area contributed by atoms with Crippen LogP contribution in [-0.2, 0) is 9.59 Å². The first-order valence-electron chi connectivity index (χ1n) is 7.34. The van der Waals surface area contributed by atoms with Gasteiger partial charge in [-0.15, -0.1) is 0 Å². The molecule has 1 aliphatic carbocycles. The summed E-state index contributed by atoms with van der Waals surface area (Å²) in [7, 11) is 0. The first-order valence-corrected chi connectivity index (χ1v) is 7.34. The summed E-state index contributed by atoms with van der Waals surface area (Å²) in [6, 6.07) is 9.15. The lowest BCUT2D eigenvalue weighted by molar-refractivity contribution is -0.131. The van der Waals surface area contributed by atoms with Crippen molar-refractivity contribution in [2.45, 2.75) is 12.8 Å². The molecule has 2 aromatic carbocycles. The second-order valence-corrected chi connectivity index (χ2v) is 5.73. The van der Waals surface area contributed by atoms with Crippen LogP contribution >= 0.6 is 0 Å². The summed E-state index contributed by atoms with van der Waals surface area (Å²) in [6.07, 6.45) is 0.784. The van der Waals surface area contributed by atoms with E-state index in [-0.39, 0.29) is 11.4 Å². The molecule has 4 N–H and O–H groups in total. The minimum atomic E-state index is -1.19. The molecule has 124 valence electrons. The van der Waals surface area contributed by atoms with E-state index in [0.29, 0.717) is 18.5 Å². The Morgan fingerprint density at radius 3 is 2.00 bits per heavy atom. The van der Waals surface area contributed by atoms with Crippen LogP contribution in [-0.4, -0.2) is 11.8 Å². The summed E-state index contributed by atoms with van der Waals surface area (Å²) in [5, 5.41) is 5.13. The Kier molecular flexibility index (Phi) is 3.92. The van der Waals surface area contributed by atoms with Crippen molar-refractivity contribution in [2.24, 2.45) is 5.41 Å². The number of halogens is 2. The van der Waals surface area contributed by atoms with Gasteiger partial charge in [0, 0.05) is 11.4 Å². The molecule has 0 saturated heterocycles. The van der Waals surface area contributed by atoms with Gasteiger partial charge in [-0.2, -0.15) is 0 Å². The maximum atomic E-state index is 13.4. The molecule has 0 unspecified atom stereocenters. The van der Waals surface area contributed by atoms with Gasteiger partial charge in [-0.1, -0.05) is 0 Å². The lowest BCUT2D eigenvalue weighted by Gasteiger charge is -2.15. The summed E-state index contributed by atoms with van der Waals surface area (Å²) in [4.78, 5) is 24.8. The molecule has 2 aromatic rings. The number of amides is 2. The zero-order valence-corrected chi connectivity index (χ0v) is 12.6. The lowest BCUT2D eigenvalue weighted by Crippen LogP contribution is -2.35. The Hall–Kier alpha value is -2.96. The van der Waals surface area contributed by atoms with E-state index in [9.17, 15) is 18.4 Å². The van der Waals surface area contributed by atoms with Gasteiger partial charge in [-0.25, -0.2) is 8.78 Å². The topological polar surface area (TPSA) is 84.2 Å². The average Bonchev–Trinajstić information content (AvgIpc) is 3.35. The molecule has 0 heterocycles. The Morgan fingerprint density at radius 2 is 1.46 bits per heavy atom. The molecule has 0 radical (unpaired) electrons. The summed E-state index contributed by atoms with van der Waals surface area (Å²) in [5.41, 5.74) is 4.80. The van der Waals surface area contributed by atoms with Crippen molar-refractivity contribution < 1.29 is 18.4 Å². The maximum Gasteiger partial charge on any atom is 0.240 e. The largest absolute Gasteiger partial charge is 0.396 e. The van der Waals surface area contributed by atoms with Crippen molar-refractivity contribution in [3.63, 3.8) is 0 Å². The van der Waals surface area contributed by atoms with Crippen molar-refractivity contribution in [1.29, 1.82) is 0 Å². The average molecular weight is 331 g/mol. The van der Waals surface area contributed by atoms with Gasteiger partial charge in [0.25, 0.3) is 0 Å². The van der Waals surface area contributed by atoms with Crippen molar-refractivity contribution in [1.82, 2.24) is 0 Å². The first-order chi connectivity index (χ1) is 11.4. The fraction of sp³-hybridized carbons (Fsp3) is 0.176. The van der Waals surface area contributed by atoms with E-state index in [0.717, 1.165) is 6.07 Å². The van der Waals surface area contributed by atoms with Crippen molar-refractivity contribution in [2.75, 3.05) is 16.4 Å². The molecule has 3 rings (SSSR count). The predicted octanol–water partition coefficient (Wildman–Crippen LogP) is 2.90. The molecular formula is C17H15F2N3O2. The maximum absolute atomic E-state index is 13.4. The summed E-state index contributed by atoms with van der Waals surface area (Å²) >= 11 is 0. The van der Waals surface area contributed by atoms with Crippen LogP contribution in [0.5, 0.6) is 0 Å². The zero-order valence-electron chi connectivity index (χ0n) is 12.6. The number of carbonyl (C=O) groups is 2. The Morgan fingerprint density at radius 1 is 0.917 bits per heavy atom. The van der Waals surface area contributed by atoms with Gasteiger partial charge in [0.05, 0.1) is 5.69 Å². The van der Waals surface area contributed by atoms with Gasteiger partial charge in [-0.3, -0.25) is 9.59 Å². The molecule has 0 aromatic heterocycles. The lowest BCUT2D eigenvalue weighted by atomic mass is 10.0. The number of nitrogen functional groups attached to an aromatic ring is 1. The van der Waals surface area contributed by atoms with Crippen LogP contribution in [0.25, 0.3) is 0 Å². The number of nitrogens with one attached hydrogen (secondary N) is 2. The Balaban J connectivity index is 1.70. The minimum absolute atomic E-state index is 0.0248.